The third-order valence-corrected chi connectivity index (χ3v) is 6.59. The Morgan fingerprint density at radius 1 is 1.26 bits per heavy atom. The van der Waals surface area contributed by atoms with Crippen LogP contribution in [0.15, 0.2) is 53.2 Å². The second-order valence-corrected chi connectivity index (χ2v) is 9.11. The topological polar surface area (TPSA) is 98.4 Å². The van der Waals surface area contributed by atoms with Gasteiger partial charge in [-0.05, 0) is 24.1 Å². The van der Waals surface area contributed by atoms with Gasteiger partial charge >= 0.3 is 0 Å². The highest BCUT2D eigenvalue weighted by atomic mass is 35.5. The lowest BCUT2D eigenvalue weighted by atomic mass is 10.1. The van der Waals surface area contributed by atoms with Crippen molar-refractivity contribution >= 4 is 47.6 Å². The minimum atomic E-state index is -0.876. The molecule has 2 aromatic carbocycles. The third-order valence-electron chi connectivity index (χ3n) is 4.38. The van der Waals surface area contributed by atoms with Crippen LogP contribution in [0.2, 0.25) is 5.02 Å². The molecule has 1 unspecified atom stereocenters. The van der Waals surface area contributed by atoms with Crippen molar-refractivity contribution < 1.29 is 4.79 Å². The van der Waals surface area contributed by atoms with Crippen LogP contribution in [0.25, 0.3) is 0 Å². The second kappa shape index (κ2) is 7.67. The summed E-state index contributed by atoms with van der Waals surface area (Å²) in [6.45, 7) is 2.30. The Balaban J connectivity index is 2.13. The van der Waals surface area contributed by atoms with Gasteiger partial charge in [-0.25, -0.2) is 0 Å². The molecule has 2 aromatic rings. The molecule has 1 aliphatic rings. The second-order valence-electron chi connectivity index (χ2n) is 6.37. The Morgan fingerprint density at radius 2 is 1.93 bits per heavy atom. The maximum atomic E-state index is 12.0. The number of aryl methyl sites for hydroxylation is 1. The fourth-order valence-electron chi connectivity index (χ4n) is 3.08. The zero-order chi connectivity index (χ0) is 19.8. The number of primary amides is 1. The van der Waals surface area contributed by atoms with Crippen molar-refractivity contribution in [1.29, 1.82) is 0 Å². The van der Waals surface area contributed by atoms with Gasteiger partial charge in [-0.2, -0.15) is 0 Å². The first-order chi connectivity index (χ1) is 12.8. The van der Waals surface area contributed by atoms with E-state index in [-0.39, 0.29) is 17.3 Å². The first-order valence-electron chi connectivity index (χ1n) is 8.31. The van der Waals surface area contributed by atoms with Crippen LogP contribution >= 0.6 is 36.0 Å². The van der Waals surface area contributed by atoms with E-state index in [0.29, 0.717) is 17.1 Å². The Kier molecular flexibility index (Phi) is 5.67. The minimum absolute atomic E-state index is 0.234. The third kappa shape index (κ3) is 3.78. The predicted octanol–water partition coefficient (Wildman–Crippen LogP) is 3.10. The molecule has 5 nitrogen and oxygen atoms in total. The highest BCUT2D eigenvalue weighted by Gasteiger charge is 2.46. The summed E-state index contributed by atoms with van der Waals surface area (Å²) in [6.07, 6.45) is 0.508. The Labute approximate surface area is 173 Å². The predicted molar refractivity (Wildman–Crippen MR) is 116 cm³/mol. The largest absolute Gasteiger partial charge is 0.384 e. The molecule has 0 radical (unpaired) electrons. The van der Waals surface area contributed by atoms with Gasteiger partial charge < -0.3 is 22.1 Å². The standard InChI is InChI=1S/C19H21ClN4OS2/c1-11-5-7-12(8-6-11)9-19(26)24(17(22)16(27-19)18(23)25)15-13(10-21)3-2-4-14(15)20/h2-8,26H,9-10,21-22H2,1H3,(H2,23,25). The van der Waals surface area contributed by atoms with Gasteiger partial charge in [0.1, 0.15) is 14.9 Å². The van der Waals surface area contributed by atoms with Crippen molar-refractivity contribution in [2.24, 2.45) is 17.2 Å². The van der Waals surface area contributed by atoms with Gasteiger partial charge in [-0.1, -0.05) is 65.3 Å². The average molecular weight is 421 g/mol. The molecule has 0 aliphatic carbocycles. The molecular weight excluding hydrogens is 400 g/mol. The summed E-state index contributed by atoms with van der Waals surface area (Å²) < 4.78 is -0.876. The minimum Gasteiger partial charge on any atom is -0.384 e. The number of benzene rings is 2. The molecule has 3 rings (SSSR count). The lowest BCUT2D eigenvalue weighted by Crippen LogP contribution is -2.42. The monoisotopic (exact) mass is 420 g/mol. The van der Waals surface area contributed by atoms with Gasteiger partial charge in [0, 0.05) is 13.0 Å². The SMILES string of the molecule is Cc1ccc(CC2(S)SC(C(N)=O)=C(N)N2c2c(Cl)cccc2CN)cc1. The maximum Gasteiger partial charge on any atom is 0.258 e. The van der Waals surface area contributed by atoms with Gasteiger partial charge in [0.15, 0.2) is 0 Å². The summed E-state index contributed by atoms with van der Waals surface area (Å²) in [4.78, 5) is 14.0. The number of nitrogens with zero attached hydrogens (tertiary/aromatic N) is 1. The van der Waals surface area contributed by atoms with Crippen LogP contribution in [-0.4, -0.2) is 10.1 Å². The number of halogens is 1. The molecule has 27 heavy (non-hydrogen) atoms. The smallest absolute Gasteiger partial charge is 0.258 e. The first kappa shape index (κ1) is 19.9. The molecule has 0 saturated heterocycles. The number of hydrogen-bond donors (Lipinski definition) is 4. The van der Waals surface area contributed by atoms with Crippen molar-refractivity contribution in [3.8, 4) is 0 Å². The van der Waals surface area contributed by atoms with Gasteiger partial charge in [-0.15, -0.1) is 12.6 Å². The van der Waals surface area contributed by atoms with Crippen molar-refractivity contribution in [2.75, 3.05) is 4.90 Å². The van der Waals surface area contributed by atoms with E-state index in [1.54, 1.807) is 11.0 Å². The first-order valence-corrected chi connectivity index (χ1v) is 9.95. The molecule has 6 N–H and O–H groups in total. The van der Waals surface area contributed by atoms with Gasteiger partial charge in [0.2, 0.25) is 0 Å². The Bertz CT molecular complexity index is 916. The van der Waals surface area contributed by atoms with Crippen molar-refractivity contribution in [3.63, 3.8) is 0 Å². The average Bonchev–Trinajstić information content (AvgIpc) is 2.88. The van der Waals surface area contributed by atoms with E-state index in [0.717, 1.165) is 16.7 Å². The van der Waals surface area contributed by atoms with Crippen LogP contribution < -0.4 is 22.1 Å². The number of para-hydroxylation sites is 1. The Hall–Kier alpha value is -1.80. The van der Waals surface area contributed by atoms with Crippen LogP contribution in [0.5, 0.6) is 0 Å². The number of hydrogen-bond acceptors (Lipinski definition) is 6. The van der Waals surface area contributed by atoms with E-state index < -0.39 is 10.1 Å². The van der Waals surface area contributed by atoms with E-state index in [2.05, 4.69) is 0 Å². The van der Waals surface area contributed by atoms with Crippen LogP contribution in [0.1, 0.15) is 16.7 Å². The molecular formula is C19H21ClN4OS2. The molecule has 142 valence electrons. The number of rotatable bonds is 5. The van der Waals surface area contributed by atoms with E-state index in [9.17, 15) is 4.79 Å². The lowest BCUT2D eigenvalue weighted by molar-refractivity contribution is -0.113. The van der Waals surface area contributed by atoms with Gasteiger partial charge in [0.25, 0.3) is 5.91 Å². The lowest BCUT2D eigenvalue weighted by Gasteiger charge is -2.37. The molecule has 1 amide bonds. The molecule has 0 bridgehead atoms. The Morgan fingerprint density at radius 3 is 2.52 bits per heavy atom. The summed E-state index contributed by atoms with van der Waals surface area (Å²) >= 11 is 12.7. The highest BCUT2D eigenvalue weighted by Crippen LogP contribution is 2.53. The summed E-state index contributed by atoms with van der Waals surface area (Å²) in [5.74, 6) is -0.360. The van der Waals surface area contributed by atoms with Crippen molar-refractivity contribution in [2.45, 2.75) is 24.1 Å². The summed E-state index contributed by atoms with van der Waals surface area (Å²) in [5, 5.41) is 0.481. The molecule has 8 heteroatoms. The number of anilines is 1. The van der Waals surface area contributed by atoms with Crippen LogP contribution in [0.4, 0.5) is 5.69 Å². The molecule has 0 fully saturated rings. The molecule has 1 aliphatic heterocycles. The summed E-state index contributed by atoms with van der Waals surface area (Å²) in [5.41, 5.74) is 21.5. The van der Waals surface area contributed by atoms with Crippen LogP contribution in [0, 0.1) is 6.92 Å². The number of carbonyl (C=O) groups excluding carboxylic acids is 1. The van der Waals surface area contributed by atoms with Crippen LogP contribution in [0.3, 0.4) is 0 Å². The fraction of sp³-hybridized carbons (Fsp3) is 0.211. The normalized spacial score (nSPS) is 19.6. The van der Waals surface area contributed by atoms with E-state index >= 15 is 0 Å². The number of thioether (sulfide) groups is 1. The summed E-state index contributed by atoms with van der Waals surface area (Å²) in [6, 6.07) is 13.6. The quantitative estimate of drug-likeness (QED) is 0.557. The molecule has 0 spiro atoms. The number of nitrogens with two attached hydrogens (primary N) is 3. The van der Waals surface area contributed by atoms with E-state index in [1.807, 2.05) is 43.3 Å². The van der Waals surface area contributed by atoms with E-state index in [1.165, 1.54) is 11.8 Å². The fourth-order valence-corrected chi connectivity index (χ4v) is 5.17. The van der Waals surface area contributed by atoms with Crippen molar-refractivity contribution in [1.82, 2.24) is 0 Å². The van der Waals surface area contributed by atoms with Crippen LogP contribution in [-0.2, 0) is 17.8 Å². The zero-order valence-corrected chi connectivity index (χ0v) is 17.2. The van der Waals surface area contributed by atoms with Crippen molar-refractivity contribution in [3.05, 3.63) is 74.9 Å². The van der Waals surface area contributed by atoms with E-state index in [4.69, 9.17) is 41.4 Å². The van der Waals surface area contributed by atoms with Gasteiger partial charge in [0.05, 0.1) is 10.7 Å². The number of carbonyl (C=O) groups is 1. The molecule has 0 saturated carbocycles. The molecule has 1 heterocycles. The number of thiol groups is 1. The highest BCUT2D eigenvalue weighted by molar-refractivity contribution is 8.15. The summed E-state index contributed by atoms with van der Waals surface area (Å²) in [7, 11) is 0. The maximum absolute atomic E-state index is 12.0. The molecule has 0 aromatic heterocycles. The molecule has 1 atom stereocenters. The zero-order valence-electron chi connectivity index (χ0n) is 14.8. The van der Waals surface area contributed by atoms with Gasteiger partial charge in [-0.3, -0.25) is 4.79 Å². The number of amides is 1.